The monoisotopic (exact) mass is 383 g/mol. The number of aryl methyl sites for hydroxylation is 1. The summed E-state index contributed by atoms with van der Waals surface area (Å²) in [7, 11) is 0. The van der Waals surface area contributed by atoms with Crippen molar-refractivity contribution in [3.8, 4) is 23.1 Å². The first-order chi connectivity index (χ1) is 14.2. The molecule has 0 aliphatic rings. The first-order valence-corrected chi connectivity index (χ1v) is 8.93. The molecule has 0 saturated heterocycles. The van der Waals surface area contributed by atoms with Crippen LogP contribution < -0.4 is 10.1 Å². The summed E-state index contributed by atoms with van der Waals surface area (Å²) in [5, 5.41) is 2.87. The van der Waals surface area contributed by atoms with Crippen molar-refractivity contribution in [3.05, 3.63) is 90.5 Å². The maximum Gasteiger partial charge on any atom is 0.321 e. The number of rotatable bonds is 5. The smallest absolute Gasteiger partial charge is 0.321 e. The predicted octanol–water partition coefficient (Wildman–Crippen LogP) is 4.29. The highest BCUT2D eigenvalue weighted by molar-refractivity contribution is 6.04. The van der Waals surface area contributed by atoms with Gasteiger partial charge >= 0.3 is 6.01 Å². The molecule has 4 rings (SSSR count). The van der Waals surface area contributed by atoms with Crippen LogP contribution in [0.2, 0.25) is 0 Å². The van der Waals surface area contributed by atoms with Gasteiger partial charge in [-0.1, -0.05) is 30.3 Å². The van der Waals surface area contributed by atoms with Gasteiger partial charge in [-0.2, -0.15) is 0 Å². The minimum Gasteiger partial charge on any atom is -0.424 e. The van der Waals surface area contributed by atoms with E-state index in [-0.39, 0.29) is 11.9 Å². The Morgan fingerprint density at radius 1 is 0.897 bits per heavy atom. The lowest BCUT2D eigenvalue weighted by atomic mass is 10.1. The molecule has 0 aliphatic heterocycles. The van der Waals surface area contributed by atoms with Gasteiger partial charge < -0.3 is 10.1 Å². The van der Waals surface area contributed by atoms with Crippen LogP contribution >= 0.6 is 0 Å². The van der Waals surface area contributed by atoms with Crippen LogP contribution in [0.4, 0.5) is 5.69 Å². The quantitative estimate of drug-likeness (QED) is 0.553. The molecule has 142 valence electrons. The molecule has 0 saturated carbocycles. The van der Waals surface area contributed by atoms with Gasteiger partial charge in [0, 0.05) is 36.0 Å². The first-order valence-electron chi connectivity index (χ1n) is 8.93. The Hall–Kier alpha value is -4.13. The maximum atomic E-state index is 12.5. The summed E-state index contributed by atoms with van der Waals surface area (Å²) in [4.78, 5) is 29.2. The molecule has 4 aromatic rings. The largest absolute Gasteiger partial charge is 0.424 e. The molecule has 0 radical (unpaired) electrons. The number of aromatic nitrogens is 4. The van der Waals surface area contributed by atoms with Crippen molar-refractivity contribution in [2.45, 2.75) is 6.92 Å². The minimum absolute atomic E-state index is 0.263. The molecule has 7 nitrogen and oxygen atoms in total. The molecule has 29 heavy (non-hydrogen) atoms. The lowest BCUT2D eigenvalue weighted by Crippen LogP contribution is -2.13. The summed E-state index contributed by atoms with van der Waals surface area (Å²) in [5.74, 6) is 0.873. The first kappa shape index (κ1) is 18.2. The van der Waals surface area contributed by atoms with Crippen LogP contribution in [0, 0.1) is 6.92 Å². The molecule has 0 bridgehead atoms. The van der Waals surface area contributed by atoms with Gasteiger partial charge in [0.05, 0.1) is 5.56 Å². The van der Waals surface area contributed by atoms with Crippen LogP contribution in [0.1, 0.15) is 15.9 Å². The molecule has 2 heterocycles. The van der Waals surface area contributed by atoms with Crippen molar-refractivity contribution in [2.75, 3.05) is 5.32 Å². The SMILES string of the molecule is Cc1cc(Oc2ncccn2)ccc1NC(=O)c1cnc(-c2ccccc2)nc1. The van der Waals surface area contributed by atoms with E-state index in [9.17, 15) is 4.79 Å². The van der Waals surface area contributed by atoms with E-state index in [2.05, 4.69) is 25.3 Å². The van der Waals surface area contributed by atoms with Gasteiger partial charge in [0.25, 0.3) is 5.91 Å². The van der Waals surface area contributed by atoms with E-state index in [0.717, 1.165) is 11.1 Å². The van der Waals surface area contributed by atoms with E-state index in [1.807, 2.05) is 37.3 Å². The second-order valence-electron chi connectivity index (χ2n) is 6.23. The van der Waals surface area contributed by atoms with E-state index in [4.69, 9.17) is 4.74 Å². The van der Waals surface area contributed by atoms with Crippen LogP contribution in [0.3, 0.4) is 0 Å². The Morgan fingerprint density at radius 3 is 2.31 bits per heavy atom. The van der Waals surface area contributed by atoms with Gasteiger partial charge in [0.1, 0.15) is 5.75 Å². The maximum absolute atomic E-state index is 12.5. The Morgan fingerprint density at radius 2 is 1.62 bits per heavy atom. The van der Waals surface area contributed by atoms with Crippen molar-refractivity contribution in [1.82, 2.24) is 19.9 Å². The molecule has 0 atom stereocenters. The lowest BCUT2D eigenvalue weighted by molar-refractivity contribution is 0.102. The van der Waals surface area contributed by atoms with Crippen molar-refractivity contribution in [1.29, 1.82) is 0 Å². The van der Waals surface area contributed by atoms with Crippen molar-refractivity contribution < 1.29 is 9.53 Å². The number of anilines is 1. The second kappa shape index (κ2) is 8.26. The molecule has 0 spiro atoms. The number of hydrogen-bond acceptors (Lipinski definition) is 6. The number of hydrogen-bond donors (Lipinski definition) is 1. The van der Waals surface area contributed by atoms with Crippen molar-refractivity contribution in [2.24, 2.45) is 0 Å². The van der Waals surface area contributed by atoms with Crippen molar-refractivity contribution >= 4 is 11.6 Å². The summed E-state index contributed by atoms with van der Waals surface area (Å²) >= 11 is 0. The van der Waals surface area contributed by atoms with E-state index in [1.54, 1.807) is 36.7 Å². The number of carbonyl (C=O) groups is 1. The van der Waals surface area contributed by atoms with Crippen LogP contribution in [0.25, 0.3) is 11.4 Å². The van der Waals surface area contributed by atoms with Gasteiger partial charge in [0.15, 0.2) is 5.82 Å². The fourth-order valence-electron chi connectivity index (χ4n) is 2.66. The van der Waals surface area contributed by atoms with Gasteiger partial charge in [-0.3, -0.25) is 4.79 Å². The average molecular weight is 383 g/mol. The summed E-state index contributed by atoms with van der Waals surface area (Å²) in [5.41, 5.74) is 2.78. The number of nitrogens with zero attached hydrogens (tertiary/aromatic N) is 4. The van der Waals surface area contributed by atoms with Crippen LogP contribution in [0.5, 0.6) is 11.8 Å². The van der Waals surface area contributed by atoms with Crippen LogP contribution in [-0.2, 0) is 0 Å². The molecule has 0 fully saturated rings. The molecule has 0 aliphatic carbocycles. The summed E-state index contributed by atoms with van der Waals surface area (Å²) in [6.07, 6.45) is 6.25. The highest BCUT2D eigenvalue weighted by Gasteiger charge is 2.11. The molecule has 0 unspecified atom stereocenters. The van der Waals surface area contributed by atoms with E-state index < -0.39 is 0 Å². The van der Waals surface area contributed by atoms with Gasteiger partial charge in [0.2, 0.25) is 0 Å². The minimum atomic E-state index is -0.284. The highest BCUT2D eigenvalue weighted by Crippen LogP contribution is 2.24. The summed E-state index contributed by atoms with van der Waals surface area (Å²) < 4.78 is 5.60. The topological polar surface area (TPSA) is 89.9 Å². The van der Waals surface area contributed by atoms with Crippen LogP contribution in [0.15, 0.2) is 79.4 Å². The molecule has 1 amide bonds. The molecule has 1 N–H and O–H groups in total. The molecular weight excluding hydrogens is 366 g/mol. The van der Waals surface area contributed by atoms with Crippen molar-refractivity contribution in [3.63, 3.8) is 0 Å². The average Bonchev–Trinajstić information content (AvgIpc) is 2.77. The standard InChI is InChI=1S/C22H17N5O2/c1-15-12-18(29-22-23-10-5-11-24-22)8-9-19(15)27-21(28)17-13-25-20(26-14-17)16-6-3-2-4-7-16/h2-14H,1H3,(H,27,28). The van der Waals surface area contributed by atoms with E-state index in [0.29, 0.717) is 22.8 Å². The summed E-state index contributed by atoms with van der Waals surface area (Å²) in [6.45, 7) is 1.88. The van der Waals surface area contributed by atoms with Gasteiger partial charge in [-0.05, 0) is 36.8 Å². The second-order valence-corrected chi connectivity index (χ2v) is 6.23. The Kier molecular flexibility index (Phi) is 5.20. The number of ether oxygens (including phenoxy) is 1. The number of nitrogens with one attached hydrogen (secondary N) is 1. The fraction of sp³-hybridized carbons (Fsp3) is 0.0455. The Balaban J connectivity index is 1.45. The highest BCUT2D eigenvalue weighted by atomic mass is 16.5. The van der Waals surface area contributed by atoms with Gasteiger partial charge in [-0.25, -0.2) is 19.9 Å². The third kappa shape index (κ3) is 4.41. The van der Waals surface area contributed by atoms with E-state index >= 15 is 0 Å². The number of benzene rings is 2. The number of carbonyl (C=O) groups excluding carboxylic acids is 1. The molecule has 7 heteroatoms. The normalized spacial score (nSPS) is 10.4. The zero-order chi connectivity index (χ0) is 20.1. The third-order valence-corrected chi connectivity index (χ3v) is 4.14. The lowest BCUT2D eigenvalue weighted by Gasteiger charge is -2.10. The zero-order valence-corrected chi connectivity index (χ0v) is 15.6. The third-order valence-electron chi connectivity index (χ3n) is 4.14. The predicted molar refractivity (Wildman–Crippen MR) is 109 cm³/mol. The Bertz CT molecular complexity index is 1120. The fourth-order valence-corrected chi connectivity index (χ4v) is 2.66. The Labute approximate surface area is 167 Å². The molecule has 2 aromatic carbocycles. The van der Waals surface area contributed by atoms with Crippen LogP contribution in [-0.4, -0.2) is 25.8 Å². The molecular formula is C22H17N5O2. The zero-order valence-electron chi connectivity index (χ0n) is 15.6. The van der Waals surface area contributed by atoms with Gasteiger partial charge in [-0.15, -0.1) is 0 Å². The number of amides is 1. The molecule has 2 aromatic heterocycles. The van der Waals surface area contributed by atoms with E-state index in [1.165, 1.54) is 12.4 Å². The summed E-state index contributed by atoms with van der Waals surface area (Å²) in [6, 6.07) is 16.9.